The van der Waals surface area contributed by atoms with E-state index in [1.54, 1.807) is 13.1 Å². The van der Waals surface area contributed by atoms with Gasteiger partial charge in [0.25, 0.3) is 0 Å². The third kappa shape index (κ3) is 3.03. The summed E-state index contributed by atoms with van der Waals surface area (Å²) in [6.07, 6.45) is 3.41. The quantitative estimate of drug-likeness (QED) is 0.731. The summed E-state index contributed by atoms with van der Waals surface area (Å²) in [7, 11) is -4.20. The van der Waals surface area contributed by atoms with E-state index in [9.17, 15) is 17.2 Å². The van der Waals surface area contributed by atoms with Crippen LogP contribution >= 0.6 is 0 Å². The van der Waals surface area contributed by atoms with Crippen molar-refractivity contribution in [3.63, 3.8) is 0 Å². The van der Waals surface area contributed by atoms with Crippen LogP contribution in [-0.4, -0.2) is 18.4 Å². The molecule has 0 aliphatic heterocycles. The van der Waals surface area contributed by atoms with Crippen LogP contribution in [0.15, 0.2) is 29.4 Å². The number of nitrogen functional groups attached to an aromatic ring is 1. The van der Waals surface area contributed by atoms with Crippen LogP contribution in [0.3, 0.4) is 0 Å². The molecule has 2 rings (SSSR count). The lowest BCUT2D eigenvalue weighted by Gasteiger charge is -2.15. The highest BCUT2D eigenvalue weighted by molar-refractivity contribution is 7.89. The average Bonchev–Trinajstić information content (AvgIpc) is 2.96. The van der Waals surface area contributed by atoms with Crippen molar-refractivity contribution in [1.29, 1.82) is 0 Å². The summed E-state index contributed by atoms with van der Waals surface area (Å²) in [5.41, 5.74) is 4.35. The summed E-state index contributed by atoms with van der Waals surface area (Å²) in [6.45, 7) is 1.74. The van der Waals surface area contributed by atoms with Crippen LogP contribution in [-0.2, 0) is 10.0 Å². The molecule has 0 bridgehead atoms. The Balaban J connectivity index is 2.37. The summed E-state index contributed by atoms with van der Waals surface area (Å²) in [5.74, 6) is -1.92. The van der Waals surface area contributed by atoms with Crippen molar-refractivity contribution in [2.75, 3.05) is 5.73 Å². The van der Waals surface area contributed by atoms with Gasteiger partial charge in [0, 0.05) is 12.4 Å². The number of H-pyrrole nitrogens is 1. The summed E-state index contributed by atoms with van der Waals surface area (Å²) < 4.78 is 53.7. The Morgan fingerprint density at radius 2 is 2.14 bits per heavy atom. The summed E-state index contributed by atoms with van der Waals surface area (Å²) in [4.78, 5) is 6.04. The zero-order chi connectivity index (χ0) is 15.6. The maximum atomic E-state index is 13.8. The molecule has 1 aromatic heterocycles. The average molecular weight is 316 g/mol. The molecule has 6 nitrogen and oxygen atoms in total. The number of anilines is 1. The summed E-state index contributed by atoms with van der Waals surface area (Å²) >= 11 is 0. The molecule has 1 aromatic carbocycles. The zero-order valence-electron chi connectivity index (χ0n) is 11.1. The van der Waals surface area contributed by atoms with Gasteiger partial charge in [0.15, 0.2) is 5.82 Å². The maximum Gasteiger partial charge on any atom is 0.244 e. The van der Waals surface area contributed by atoms with Gasteiger partial charge >= 0.3 is 0 Å². The molecule has 0 aliphatic carbocycles. The topological polar surface area (TPSA) is 101 Å². The van der Waals surface area contributed by atoms with Crippen LogP contribution in [0.2, 0.25) is 0 Å². The van der Waals surface area contributed by atoms with Gasteiger partial charge in [0.05, 0.1) is 6.04 Å². The molecule has 0 saturated carbocycles. The zero-order valence-corrected chi connectivity index (χ0v) is 11.9. The number of rotatable bonds is 5. The van der Waals surface area contributed by atoms with Gasteiger partial charge in [-0.3, -0.25) is 0 Å². The molecule has 114 valence electrons. The van der Waals surface area contributed by atoms with Gasteiger partial charge < -0.3 is 10.7 Å². The minimum Gasteiger partial charge on any atom is -0.394 e. The second-order valence-corrected chi connectivity index (χ2v) is 6.01. The Bertz CT molecular complexity index is 732. The second kappa shape index (κ2) is 5.78. The number of sulfonamides is 1. The number of imidazole rings is 1. The SMILES string of the molecule is CCC(NS(=O)(=O)c1ccc(F)c(N)c1F)c1ncc[nH]1. The normalized spacial score (nSPS) is 13.3. The van der Waals surface area contributed by atoms with E-state index in [1.807, 2.05) is 0 Å². The molecule has 1 atom stereocenters. The fourth-order valence-corrected chi connectivity index (χ4v) is 3.18. The van der Waals surface area contributed by atoms with E-state index < -0.39 is 38.3 Å². The molecular formula is C12H14F2N4O2S. The van der Waals surface area contributed by atoms with Crippen molar-refractivity contribution >= 4 is 15.7 Å². The van der Waals surface area contributed by atoms with Gasteiger partial charge in [-0.25, -0.2) is 26.9 Å². The number of nitrogens with one attached hydrogen (secondary N) is 2. The highest BCUT2D eigenvalue weighted by Crippen LogP contribution is 2.24. The molecule has 1 unspecified atom stereocenters. The first kappa shape index (κ1) is 15.4. The monoisotopic (exact) mass is 316 g/mol. The fraction of sp³-hybridized carbons (Fsp3) is 0.250. The van der Waals surface area contributed by atoms with Gasteiger partial charge in [-0.1, -0.05) is 6.92 Å². The Labute approximate surface area is 120 Å². The van der Waals surface area contributed by atoms with Crippen molar-refractivity contribution in [3.05, 3.63) is 42.0 Å². The van der Waals surface area contributed by atoms with E-state index in [1.165, 1.54) is 6.20 Å². The number of benzene rings is 1. The molecule has 0 saturated heterocycles. The molecule has 2 aromatic rings. The van der Waals surface area contributed by atoms with Crippen LogP contribution in [0.5, 0.6) is 0 Å². The van der Waals surface area contributed by atoms with Crippen molar-refractivity contribution in [3.8, 4) is 0 Å². The molecule has 1 heterocycles. The predicted molar refractivity (Wildman–Crippen MR) is 72.7 cm³/mol. The van der Waals surface area contributed by atoms with E-state index in [4.69, 9.17) is 5.73 Å². The molecular weight excluding hydrogens is 302 g/mol. The predicted octanol–water partition coefficient (Wildman–Crippen LogP) is 1.70. The first-order valence-corrected chi connectivity index (χ1v) is 7.60. The second-order valence-electron chi connectivity index (χ2n) is 4.33. The molecule has 0 fully saturated rings. The first-order valence-electron chi connectivity index (χ1n) is 6.12. The summed E-state index contributed by atoms with van der Waals surface area (Å²) in [6, 6.07) is 0.981. The molecule has 0 aliphatic rings. The lowest BCUT2D eigenvalue weighted by Crippen LogP contribution is -2.30. The highest BCUT2D eigenvalue weighted by atomic mass is 32.2. The van der Waals surface area contributed by atoms with Crippen LogP contribution in [0.1, 0.15) is 25.2 Å². The molecule has 4 N–H and O–H groups in total. The Hall–Kier alpha value is -2.00. The minimum absolute atomic E-state index is 0.394. The van der Waals surface area contributed by atoms with Crippen LogP contribution < -0.4 is 10.5 Å². The van der Waals surface area contributed by atoms with E-state index in [0.717, 1.165) is 12.1 Å². The number of aromatic nitrogens is 2. The first-order chi connectivity index (χ1) is 9.86. The summed E-state index contributed by atoms with van der Waals surface area (Å²) in [5, 5.41) is 0. The molecule has 0 spiro atoms. The van der Waals surface area contributed by atoms with Gasteiger partial charge in [0.1, 0.15) is 22.2 Å². The van der Waals surface area contributed by atoms with Crippen molar-refractivity contribution in [2.45, 2.75) is 24.3 Å². The highest BCUT2D eigenvalue weighted by Gasteiger charge is 2.26. The molecule has 0 radical (unpaired) electrons. The molecule has 21 heavy (non-hydrogen) atoms. The fourth-order valence-electron chi connectivity index (χ4n) is 1.81. The number of halogens is 2. The number of hydrogen-bond acceptors (Lipinski definition) is 4. The minimum atomic E-state index is -4.20. The number of nitrogens with zero attached hydrogens (tertiary/aromatic N) is 1. The van der Waals surface area contributed by atoms with Crippen LogP contribution in [0.25, 0.3) is 0 Å². The van der Waals surface area contributed by atoms with Gasteiger partial charge in [-0.05, 0) is 18.6 Å². The largest absolute Gasteiger partial charge is 0.394 e. The Morgan fingerprint density at radius 1 is 1.43 bits per heavy atom. The number of aromatic amines is 1. The Kier molecular flexibility index (Phi) is 4.24. The van der Waals surface area contributed by atoms with Gasteiger partial charge in [-0.15, -0.1) is 0 Å². The van der Waals surface area contributed by atoms with E-state index in [-0.39, 0.29) is 0 Å². The van der Waals surface area contributed by atoms with Gasteiger partial charge in [-0.2, -0.15) is 0 Å². The third-order valence-electron chi connectivity index (χ3n) is 2.94. The third-order valence-corrected chi connectivity index (χ3v) is 4.42. The maximum absolute atomic E-state index is 13.8. The number of hydrogen-bond donors (Lipinski definition) is 3. The number of nitrogens with two attached hydrogens (primary N) is 1. The Morgan fingerprint density at radius 3 is 2.71 bits per heavy atom. The van der Waals surface area contributed by atoms with Crippen molar-refractivity contribution < 1.29 is 17.2 Å². The van der Waals surface area contributed by atoms with E-state index >= 15 is 0 Å². The van der Waals surface area contributed by atoms with E-state index in [0.29, 0.717) is 12.2 Å². The molecule has 0 amide bonds. The van der Waals surface area contributed by atoms with Gasteiger partial charge in [0.2, 0.25) is 10.0 Å². The lowest BCUT2D eigenvalue weighted by atomic mass is 10.2. The van der Waals surface area contributed by atoms with Crippen molar-refractivity contribution in [1.82, 2.24) is 14.7 Å². The lowest BCUT2D eigenvalue weighted by molar-refractivity contribution is 0.524. The van der Waals surface area contributed by atoms with Crippen LogP contribution in [0.4, 0.5) is 14.5 Å². The van der Waals surface area contributed by atoms with Crippen LogP contribution in [0, 0.1) is 11.6 Å². The smallest absolute Gasteiger partial charge is 0.244 e. The standard InChI is InChI=1S/C12H14F2N4O2S/c1-2-8(12-16-5-6-17-12)18-21(19,20)9-4-3-7(13)11(15)10(9)14/h3-6,8,18H,2,15H2,1H3,(H,16,17). The van der Waals surface area contributed by atoms with Crippen molar-refractivity contribution in [2.24, 2.45) is 0 Å². The molecule has 9 heteroatoms. The van der Waals surface area contributed by atoms with E-state index in [2.05, 4.69) is 14.7 Å².